The molecule has 1 saturated heterocycles. The van der Waals surface area contributed by atoms with Crippen LogP contribution in [0.2, 0.25) is 25.7 Å². The minimum atomic E-state index is -1.09. The van der Waals surface area contributed by atoms with Crippen molar-refractivity contribution < 1.29 is 9.53 Å². The molecule has 2 aromatic heterocycles. The summed E-state index contributed by atoms with van der Waals surface area (Å²) in [7, 11) is -1.09. The smallest absolute Gasteiger partial charge is 0.320 e. The number of amides is 2. The fourth-order valence-electron chi connectivity index (χ4n) is 3.39. The van der Waals surface area contributed by atoms with Gasteiger partial charge in [-0.3, -0.25) is 5.32 Å². The summed E-state index contributed by atoms with van der Waals surface area (Å²) < 4.78 is 7.74. The van der Waals surface area contributed by atoms with E-state index >= 15 is 0 Å². The lowest BCUT2D eigenvalue weighted by Gasteiger charge is -2.22. The van der Waals surface area contributed by atoms with Gasteiger partial charge in [-0.15, -0.1) is 24.8 Å². The molecule has 0 spiro atoms. The highest BCUT2D eigenvalue weighted by molar-refractivity contribution is 6.76. The predicted molar refractivity (Wildman–Crippen MR) is 133 cm³/mol. The average molecular weight is 492 g/mol. The van der Waals surface area contributed by atoms with Crippen molar-refractivity contribution in [2.75, 3.05) is 31.6 Å². The second kappa shape index (κ2) is 13.2. The molecule has 1 aliphatic heterocycles. The van der Waals surface area contributed by atoms with Crippen LogP contribution in [-0.4, -0.2) is 54.9 Å². The number of rotatable bonds is 9. The number of fused-ring (bicyclic) bond motifs is 1. The van der Waals surface area contributed by atoms with Gasteiger partial charge in [0.15, 0.2) is 11.5 Å². The summed E-state index contributed by atoms with van der Waals surface area (Å²) in [5.41, 5.74) is 1.50. The highest BCUT2D eigenvalue weighted by Crippen LogP contribution is 2.16. The van der Waals surface area contributed by atoms with Gasteiger partial charge in [0.25, 0.3) is 0 Å². The number of ether oxygens (including phenoxy) is 1. The minimum absolute atomic E-state index is 0. The molecule has 11 heteroatoms. The second-order valence-electron chi connectivity index (χ2n) is 8.96. The number of aromatic nitrogens is 3. The third-order valence-electron chi connectivity index (χ3n) is 5.23. The van der Waals surface area contributed by atoms with Crippen LogP contribution >= 0.6 is 24.8 Å². The van der Waals surface area contributed by atoms with E-state index < -0.39 is 8.07 Å². The van der Waals surface area contributed by atoms with Gasteiger partial charge in [-0.2, -0.15) is 0 Å². The van der Waals surface area contributed by atoms with E-state index in [9.17, 15) is 4.79 Å². The molecule has 0 radical (unpaired) electrons. The van der Waals surface area contributed by atoms with Crippen molar-refractivity contribution in [3.05, 3.63) is 18.5 Å². The number of urea groups is 1. The Bertz CT molecular complexity index is 809. The van der Waals surface area contributed by atoms with Crippen molar-refractivity contribution in [3.63, 3.8) is 0 Å². The molecular weight excluding hydrogens is 455 g/mol. The Morgan fingerprint density at radius 1 is 1.29 bits per heavy atom. The molecule has 2 amide bonds. The molecule has 8 nitrogen and oxygen atoms in total. The van der Waals surface area contributed by atoms with E-state index in [0.717, 1.165) is 43.3 Å². The van der Waals surface area contributed by atoms with Gasteiger partial charge in [-0.1, -0.05) is 19.6 Å². The molecule has 0 aliphatic carbocycles. The van der Waals surface area contributed by atoms with Crippen LogP contribution in [0.5, 0.6) is 0 Å². The van der Waals surface area contributed by atoms with Crippen LogP contribution in [0.25, 0.3) is 11.2 Å². The zero-order chi connectivity index (χ0) is 20.7. The van der Waals surface area contributed by atoms with E-state index in [0.29, 0.717) is 25.0 Å². The molecule has 1 fully saturated rings. The first-order chi connectivity index (χ1) is 13.9. The fourth-order valence-corrected chi connectivity index (χ4v) is 4.14. The number of hydrogen-bond acceptors (Lipinski definition) is 5. The fraction of sp³-hybridized carbons (Fsp3) is 0.650. The summed E-state index contributed by atoms with van der Waals surface area (Å²) in [5, 5.41) is 9.06. The first-order valence-corrected chi connectivity index (χ1v) is 14.3. The van der Waals surface area contributed by atoms with E-state index in [1.807, 2.05) is 16.8 Å². The average Bonchev–Trinajstić information content (AvgIpc) is 3.07. The number of hydrogen-bond donors (Lipinski definition) is 3. The van der Waals surface area contributed by atoms with E-state index in [1.165, 1.54) is 12.8 Å². The molecule has 1 aliphatic rings. The topological polar surface area (TPSA) is 93.1 Å². The maximum Gasteiger partial charge on any atom is 0.320 e. The Morgan fingerprint density at radius 3 is 2.74 bits per heavy atom. The summed E-state index contributed by atoms with van der Waals surface area (Å²) in [6.45, 7) is 11.1. The summed E-state index contributed by atoms with van der Waals surface area (Å²) >= 11 is 0. The Hall–Kier alpha value is -1.39. The van der Waals surface area contributed by atoms with Crippen LogP contribution in [0.15, 0.2) is 18.5 Å². The summed E-state index contributed by atoms with van der Waals surface area (Å²) in [6, 6.07) is 2.80. The molecule has 0 atom stereocenters. The zero-order valence-electron chi connectivity index (χ0n) is 18.6. The van der Waals surface area contributed by atoms with Crippen LogP contribution in [0, 0.1) is 5.92 Å². The highest BCUT2D eigenvalue weighted by atomic mass is 35.5. The zero-order valence-corrected chi connectivity index (χ0v) is 21.3. The molecule has 3 N–H and O–H groups in total. The van der Waals surface area contributed by atoms with Gasteiger partial charge in [0.1, 0.15) is 12.2 Å². The number of nitrogens with one attached hydrogen (secondary N) is 3. The van der Waals surface area contributed by atoms with Gasteiger partial charge >= 0.3 is 6.03 Å². The van der Waals surface area contributed by atoms with Crippen LogP contribution in [0.3, 0.4) is 0 Å². The minimum Gasteiger partial charge on any atom is -0.361 e. The molecule has 0 aromatic carbocycles. The number of halogens is 2. The van der Waals surface area contributed by atoms with Crippen molar-refractivity contribution in [2.24, 2.45) is 5.92 Å². The Kier molecular flexibility index (Phi) is 11.8. The number of piperidine rings is 1. The van der Waals surface area contributed by atoms with Crippen molar-refractivity contribution >= 4 is 55.9 Å². The first kappa shape index (κ1) is 27.6. The van der Waals surface area contributed by atoms with Gasteiger partial charge in [-0.05, 0) is 50.4 Å². The van der Waals surface area contributed by atoms with Gasteiger partial charge in [0, 0.05) is 27.4 Å². The normalized spacial score (nSPS) is 14.5. The van der Waals surface area contributed by atoms with E-state index in [4.69, 9.17) is 4.74 Å². The number of nitrogens with zero attached hydrogens (tertiary/aromatic N) is 3. The van der Waals surface area contributed by atoms with E-state index in [2.05, 4.69) is 45.6 Å². The standard InChI is InChI=1S/C20H34N6O2Si.2ClH/c1-29(2,3)13-12-28-15-26-11-7-17-19(26)23-14-18(24-17)25-20(27)22-10-6-16-4-8-21-9-5-16;;/h7,11,14,16,21H,4-6,8-10,12-13,15H2,1-3H3,(H2,22,24,25,27);2*1H. The van der Waals surface area contributed by atoms with Gasteiger partial charge in [-0.25, -0.2) is 14.8 Å². The molecule has 3 rings (SSSR count). The van der Waals surface area contributed by atoms with Crippen molar-refractivity contribution in [1.29, 1.82) is 0 Å². The maximum absolute atomic E-state index is 12.1. The van der Waals surface area contributed by atoms with E-state index in [1.54, 1.807) is 6.20 Å². The monoisotopic (exact) mass is 490 g/mol. The summed E-state index contributed by atoms with van der Waals surface area (Å²) in [5.74, 6) is 1.15. The van der Waals surface area contributed by atoms with Crippen LogP contribution in [0.4, 0.5) is 10.6 Å². The lowest BCUT2D eigenvalue weighted by Crippen LogP contribution is -2.33. The summed E-state index contributed by atoms with van der Waals surface area (Å²) in [4.78, 5) is 21.1. The van der Waals surface area contributed by atoms with Crippen molar-refractivity contribution in [3.8, 4) is 0 Å². The Labute approximate surface area is 198 Å². The first-order valence-electron chi connectivity index (χ1n) is 10.6. The SMILES string of the molecule is C[Si](C)(C)CCOCn1ccc2nc(NC(=O)NCCC3CCNCC3)cnc21.Cl.Cl. The lowest BCUT2D eigenvalue weighted by atomic mass is 9.95. The largest absolute Gasteiger partial charge is 0.361 e. The number of carbonyl (C=O) groups is 1. The number of carbonyl (C=O) groups excluding carboxylic acids is 1. The molecule has 0 unspecified atom stereocenters. The Balaban J connectivity index is 0.00000240. The lowest BCUT2D eigenvalue weighted by molar-refractivity contribution is 0.0899. The summed E-state index contributed by atoms with van der Waals surface area (Å²) in [6.07, 6.45) is 6.89. The van der Waals surface area contributed by atoms with Crippen LogP contribution in [-0.2, 0) is 11.5 Å². The number of anilines is 1. The quantitative estimate of drug-likeness (QED) is 0.363. The van der Waals surface area contributed by atoms with E-state index in [-0.39, 0.29) is 30.8 Å². The third-order valence-corrected chi connectivity index (χ3v) is 6.93. The van der Waals surface area contributed by atoms with Gasteiger partial charge in [0.05, 0.1) is 6.20 Å². The predicted octanol–water partition coefficient (Wildman–Crippen LogP) is 4.10. The molecule has 0 bridgehead atoms. The Morgan fingerprint density at radius 2 is 2.03 bits per heavy atom. The molecule has 3 heterocycles. The third kappa shape index (κ3) is 9.32. The molecule has 0 saturated carbocycles. The van der Waals surface area contributed by atoms with Gasteiger partial charge < -0.3 is 19.9 Å². The van der Waals surface area contributed by atoms with Gasteiger partial charge in [0.2, 0.25) is 0 Å². The second-order valence-corrected chi connectivity index (χ2v) is 14.6. The molecule has 31 heavy (non-hydrogen) atoms. The highest BCUT2D eigenvalue weighted by Gasteiger charge is 2.14. The molecule has 2 aromatic rings. The molecule has 176 valence electrons. The molecular formula is C20H36Cl2N6O2Si. The van der Waals surface area contributed by atoms with Crippen molar-refractivity contribution in [1.82, 2.24) is 25.2 Å². The van der Waals surface area contributed by atoms with Crippen molar-refractivity contribution in [2.45, 2.75) is 51.7 Å². The maximum atomic E-state index is 12.1. The van der Waals surface area contributed by atoms with Crippen LogP contribution < -0.4 is 16.0 Å². The van der Waals surface area contributed by atoms with Crippen LogP contribution in [0.1, 0.15) is 19.3 Å².